The second-order valence-corrected chi connectivity index (χ2v) is 7.17. The van der Waals surface area contributed by atoms with E-state index in [1.807, 2.05) is 50.2 Å². The van der Waals surface area contributed by atoms with Crippen molar-refractivity contribution in [1.29, 1.82) is 5.26 Å². The summed E-state index contributed by atoms with van der Waals surface area (Å²) in [5.41, 5.74) is 7.10. The maximum Gasteiger partial charge on any atom is 0.266 e. The van der Waals surface area contributed by atoms with Crippen molar-refractivity contribution in [2.45, 2.75) is 34.1 Å². The van der Waals surface area contributed by atoms with Gasteiger partial charge in [-0.25, -0.2) is 0 Å². The quantitative estimate of drug-likeness (QED) is 0.466. The maximum atomic E-state index is 12.6. The average Bonchev–Trinajstić information content (AvgIpc) is 3.00. The van der Waals surface area contributed by atoms with E-state index in [1.165, 1.54) is 11.1 Å². The van der Waals surface area contributed by atoms with Crippen molar-refractivity contribution >= 4 is 17.7 Å². The van der Waals surface area contributed by atoms with E-state index >= 15 is 0 Å². The van der Waals surface area contributed by atoms with E-state index in [0.717, 1.165) is 29.1 Å². The first-order valence-corrected chi connectivity index (χ1v) is 9.71. The summed E-state index contributed by atoms with van der Waals surface area (Å²) in [7, 11) is 0. The van der Waals surface area contributed by atoms with E-state index in [1.54, 1.807) is 6.08 Å². The van der Waals surface area contributed by atoms with Crippen LogP contribution in [0.25, 0.3) is 11.8 Å². The molecule has 29 heavy (non-hydrogen) atoms. The molecule has 0 unspecified atom stereocenters. The first kappa shape index (κ1) is 20.2. The predicted molar refractivity (Wildman–Crippen MR) is 118 cm³/mol. The number of nitrogens with one attached hydrogen (secondary N) is 1. The molecular formula is C25H25N3O. The highest BCUT2D eigenvalue weighted by Gasteiger charge is 2.14. The van der Waals surface area contributed by atoms with Crippen LogP contribution in [0.1, 0.15) is 35.0 Å². The molecule has 0 aliphatic carbocycles. The highest BCUT2D eigenvalue weighted by molar-refractivity contribution is 6.09. The third-order valence-electron chi connectivity index (χ3n) is 5.05. The van der Waals surface area contributed by atoms with Crippen LogP contribution < -0.4 is 5.32 Å². The fraction of sp³-hybridized carbons (Fsp3) is 0.200. The van der Waals surface area contributed by atoms with E-state index in [9.17, 15) is 10.1 Å². The van der Waals surface area contributed by atoms with E-state index in [-0.39, 0.29) is 5.57 Å². The van der Waals surface area contributed by atoms with Gasteiger partial charge >= 0.3 is 0 Å². The number of nitriles is 1. The van der Waals surface area contributed by atoms with Crippen molar-refractivity contribution in [2.75, 3.05) is 5.32 Å². The van der Waals surface area contributed by atoms with Gasteiger partial charge in [0.1, 0.15) is 11.6 Å². The van der Waals surface area contributed by atoms with Gasteiger partial charge in [0, 0.05) is 22.8 Å². The largest absolute Gasteiger partial charge is 0.321 e. The van der Waals surface area contributed by atoms with Gasteiger partial charge in [-0.05, 0) is 74.7 Å². The summed E-state index contributed by atoms with van der Waals surface area (Å²) >= 11 is 0. The van der Waals surface area contributed by atoms with Crippen molar-refractivity contribution < 1.29 is 4.79 Å². The zero-order valence-corrected chi connectivity index (χ0v) is 17.3. The molecule has 0 aliphatic heterocycles. The second kappa shape index (κ2) is 8.62. The summed E-state index contributed by atoms with van der Waals surface area (Å²) < 4.78 is 2.13. The number of carbonyl (C=O) groups is 1. The Labute approximate surface area is 172 Å². The normalized spacial score (nSPS) is 11.2. The lowest BCUT2D eigenvalue weighted by Gasteiger charge is -2.10. The number of hydrogen-bond acceptors (Lipinski definition) is 2. The molecule has 0 radical (unpaired) electrons. The molecule has 0 aliphatic rings. The van der Waals surface area contributed by atoms with Gasteiger partial charge in [0.15, 0.2) is 0 Å². The summed E-state index contributed by atoms with van der Waals surface area (Å²) in [6.45, 7) is 8.15. The smallest absolute Gasteiger partial charge is 0.266 e. The molecule has 2 aromatic carbocycles. The van der Waals surface area contributed by atoms with E-state index < -0.39 is 5.91 Å². The molecule has 0 saturated carbocycles. The van der Waals surface area contributed by atoms with Gasteiger partial charge in [-0.15, -0.1) is 0 Å². The van der Waals surface area contributed by atoms with Gasteiger partial charge in [0.2, 0.25) is 0 Å². The third-order valence-corrected chi connectivity index (χ3v) is 5.05. The number of nitrogens with zero attached hydrogens (tertiary/aromatic N) is 2. The monoisotopic (exact) mass is 383 g/mol. The molecule has 0 fully saturated rings. The average molecular weight is 383 g/mol. The van der Waals surface area contributed by atoms with Gasteiger partial charge in [0.05, 0.1) is 0 Å². The molecule has 0 bridgehead atoms. The van der Waals surface area contributed by atoms with Crippen LogP contribution in [0, 0.1) is 32.1 Å². The number of carbonyl (C=O) groups excluding carboxylic acids is 1. The molecule has 1 amide bonds. The first-order chi connectivity index (χ1) is 13.9. The number of aryl methyl sites for hydroxylation is 3. The Bertz CT molecular complexity index is 1090. The van der Waals surface area contributed by atoms with Crippen molar-refractivity contribution in [3.8, 4) is 11.8 Å². The number of amides is 1. The van der Waals surface area contributed by atoms with Gasteiger partial charge in [-0.3, -0.25) is 4.79 Å². The minimum Gasteiger partial charge on any atom is -0.321 e. The molecule has 1 N–H and O–H groups in total. The van der Waals surface area contributed by atoms with Crippen LogP contribution in [-0.2, 0) is 11.2 Å². The SMILES string of the molecule is CCc1ccc(NC(=O)/C(C#N)=C\c2cc(C)n(-c3ccc(C)cc3)c2C)cc1. The Morgan fingerprint density at radius 3 is 2.31 bits per heavy atom. The van der Waals surface area contributed by atoms with Crippen molar-refractivity contribution in [3.05, 3.63) is 88.2 Å². The van der Waals surface area contributed by atoms with Crippen LogP contribution in [0.5, 0.6) is 0 Å². The number of rotatable bonds is 5. The topological polar surface area (TPSA) is 57.8 Å². The van der Waals surface area contributed by atoms with Crippen LogP contribution in [-0.4, -0.2) is 10.5 Å². The molecule has 1 heterocycles. The van der Waals surface area contributed by atoms with Crippen molar-refractivity contribution in [3.63, 3.8) is 0 Å². The summed E-state index contributed by atoms with van der Waals surface area (Å²) in [6, 6.07) is 20.0. The number of anilines is 1. The van der Waals surface area contributed by atoms with Gasteiger partial charge in [0.25, 0.3) is 5.91 Å². The lowest BCUT2D eigenvalue weighted by molar-refractivity contribution is -0.112. The summed E-state index contributed by atoms with van der Waals surface area (Å²) in [4.78, 5) is 12.6. The highest BCUT2D eigenvalue weighted by atomic mass is 16.1. The summed E-state index contributed by atoms with van der Waals surface area (Å²) in [6.07, 6.45) is 2.59. The Morgan fingerprint density at radius 2 is 1.72 bits per heavy atom. The molecule has 3 aromatic rings. The second-order valence-electron chi connectivity index (χ2n) is 7.17. The molecule has 4 heteroatoms. The van der Waals surface area contributed by atoms with E-state index in [0.29, 0.717) is 5.69 Å². The van der Waals surface area contributed by atoms with E-state index in [4.69, 9.17) is 0 Å². The molecule has 3 rings (SSSR count). The number of hydrogen-bond donors (Lipinski definition) is 1. The fourth-order valence-electron chi connectivity index (χ4n) is 3.35. The zero-order valence-electron chi connectivity index (χ0n) is 17.3. The molecule has 1 aromatic heterocycles. The molecule has 4 nitrogen and oxygen atoms in total. The third kappa shape index (κ3) is 4.47. The Hall–Kier alpha value is -3.58. The Morgan fingerprint density at radius 1 is 1.07 bits per heavy atom. The van der Waals surface area contributed by atoms with Crippen LogP contribution >= 0.6 is 0 Å². The Kier molecular flexibility index (Phi) is 5.99. The van der Waals surface area contributed by atoms with Crippen LogP contribution in [0.2, 0.25) is 0 Å². The van der Waals surface area contributed by atoms with Crippen LogP contribution in [0.15, 0.2) is 60.2 Å². The van der Waals surface area contributed by atoms with E-state index in [2.05, 4.69) is 48.0 Å². The molecule has 0 saturated heterocycles. The van der Waals surface area contributed by atoms with Crippen LogP contribution in [0.3, 0.4) is 0 Å². The molecular weight excluding hydrogens is 358 g/mol. The fourth-order valence-corrected chi connectivity index (χ4v) is 3.35. The molecule has 0 atom stereocenters. The lowest BCUT2D eigenvalue weighted by atomic mass is 10.1. The standard InChI is InChI=1S/C25H25N3O/c1-5-20-8-10-23(11-9-20)27-25(29)22(16-26)15-21-14-18(3)28(19(21)4)24-12-6-17(2)7-13-24/h6-15H,5H2,1-4H3,(H,27,29)/b22-15-. The highest BCUT2D eigenvalue weighted by Crippen LogP contribution is 2.23. The molecule has 146 valence electrons. The van der Waals surface area contributed by atoms with Crippen molar-refractivity contribution in [2.24, 2.45) is 0 Å². The number of benzene rings is 2. The van der Waals surface area contributed by atoms with Crippen molar-refractivity contribution in [1.82, 2.24) is 4.57 Å². The summed E-state index contributed by atoms with van der Waals surface area (Å²) in [5.74, 6) is -0.406. The van der Waals surface area contributed by atoms with Gasteiger partial charge in [-0.2, -0.15) is 5.26 Å². The number of aromatic nitrogens is 1. The zero-order chi connectivity index (χ0) is 21.0. The Balaban J connectivity index is 1.88. The van der Waals surface area contributed by atoms with Crippen LogP contribution in [0.4, 0.5) is 5.69 Å². The minimum atomic E-state index is -0.406. The van der Waals surface area contributed by atoms with Gasteiger partial charge < -0.3 is 9.88 Å². The first-order valence-electron chi connectivity index (χ1n) is 9.71. The maximum absolute atomic E-state index is 12.6. The summed E-state index contributed by atoms with van der Waals surface area (Å²) in [5, 5.41) is 12.4. The minimum absolute atomic E-state index is 0.0775. The van der Waals surface area contributed by atoms with Gasteiger partial charge in [-0.1, -0.05) is 36.8 Å². The molecule has 0 spiro atoms. The predicted octanol–water partition coefficient (Wildman–Crippen LogP) is 5.51. The lowest BCUT2D eigenvalue weighted by Crippen LogP contribution is -2.13.